The number of piperazine rings is 1. The lowest BCUT2D eigenvalue weighted by Gasteiger charge is -2.35. The van der Waals surface area contributed by atoms with Crippen LogP contribution in [0, 0.1) is 0 Å². The highest BCUT2D eigenvalue weighted by Gasteiger charge is 2.19. The van der Waals surface area contributed by atoms with Crippen molar-refractivity contribution < 1.29 is 0 Å². The predicted octanol–water partition coefficient (Wildman–Crippen LogP) is -0.00670. The Morgan fingerprint density at radius 3 is 2.59 bits per heavy atom. The molecule has 3 heterocycles. The van der Waals surface area contributed by atoms with Gasteiger partial charge in [0.15, 0.2) is 0 Å². The van der Waals surface area contributed by atoms with Gasteiger partial charge < -0.3 is 14.4 Å². The molecular weight excluding hydrogens is 280 g/mol. The Balaban J connectivity index is 1.60. The van der Waals surface area contributed by atoms with Crippen LogP contribution in [-0.2, 0) is 13.6 Å². The Hall–Kier alpha value is -2.22. The number of nitrogens with zero attached hydrogens (tertiary/aromatic N) is 8. The summed E-state index contributed by atoms with van der Waals surface area (Å²) in [6, 6.07) is 1.98. The summed E-state index contributed by atoms with van der Waals surface area (Å²) in [5, 5.41) is 8.08. The van der Waals surface area contributed by atoms with Crippen molar-refractivity contribution in [2.24, 2.45) is 7.05 Å². The van der Waals surface area contributed by atoms with E-state index in [0.717, 1.165) is 50.3 Å². The van der Waals surface area contributed by atoms with E-state index in [4.69, 9.17) is 0 Å². The molecule has 1 fully saturated rings. The number of hydrogen-bond acceptors (Lipinski definition) is 7. The fourth-order valence-corrected chi connectivity index (χ4v) is 2.52. The van der Waals surface area contributed by atoms with Gasteiger partial charge in [0.2, 0.25) is 5.95 Å². The van der Waals surface area contributed by atoms with Crippen LogP contribution in [0.1, 0.15) is 5.82 Å². The van der Waals surface area contributed by atoms with Gasteiger partial charge in [0.25, 0.3) is 0 Å². The largest absolute Gasteiger partial charge is 0.354 e. The smallest absolute Gasteiger partial charge is 0.226 e. The number of rotatable bonds is 4. The molecule has 0 amide bonds. The summed E-state index contributed by atoms with van der Waals surface area (Å²) in [5.74, 6) is 2.75. The molecule has 22 heavy (non-hydrogen) atoms. The van der Waals surface area contributed by atoms with Gasteiger partial charge >= 0.3 is 0 Å². The minimum absolute atomic E-state index is 0.749. The molecule has 0 spiro atoms. The maximum atomic E-state index is 4.61. The van der Waals surface area contributed by atoms with Crippen LogP contribution in [0.2, 0.25) is 0 Å². The van der Waals surface area contributed by atoms with E-state index in [1.54, 1.807) is 6.33 Å². The number of aryl methyl sites for hydroxylation is 1. The Morgan fingerprint density at radius 2 is 1.95 bits per heavy atom. The quantitative estimate of drug-likeness (QED) is 0.787. The van der Waals surface area contributed by atoms with Gasteiger partial charge in [0, 0.05) is 53.5 Å². The Labute approximate surface area is 130 Å². The monoisotopic (exact) mass is 302 g/mol. The second kappa shape index (κ2) is 6.27. The number of anilines is 2. The average Bonchev–Trinajstić information content (AvgIpc) is 2.93. The molecule has 1 aliphatic rings. The van der Waals surface area contributed by atoms with E-state index in [0.29, 0.717) is 0 Å². The van der Waals surface area contributed by atoms with Gasteiger partial charge in [-0.1, -0.05) is 0 Å². The summed E-state index contributed by atoms with van der Waals surface area (Å²) >= 11 is 0. The fourth-order valence-electron chi connectivity index (χ4n) is 2.52. The third-order valence-electron chi connectivity index (χ3n) is 3.89. The Bertz CT molecular complexity index is 615. The molecular formula is C14H22N8. The molecule has 0 atom stereocenters. The van der Waals surface area contributed by atoms with Crippen LogP contribution in [0.4, 0.5) is 11.8 Å². The molecule has 0 bridgehead atoms. The average molecular weight is 302 g/mol. The van der Waals surface area contributed by atoms with E-state index in [2.05, 4.69) is 30.0 Å². The second-order valence-corrected chi connectivity index (χ2v) is 5.73. The number of aromatic nitrogens is 5. The van der Waals surface area contributed by atoms with Crippen LogP contribution < -0.4 is 9.80 Å². The first-order valence-electron chi connectivity index (χ1n) is 7.44. The van der Waals surface area contributed by atoms with Crippen LogP contribution in [0.3, 0.4) is 0 Å². The highest BCUT2D eigenvalue weighted by Crippen LogP contribution is 2.16. The zero-order chi connectivity index (χ0) is 15.5. The Morgan fingerprint density at radius 1 is 1.18 bits per heavy atom. The summed E-state index contributed by atoms with van der Waals surface area (Å²) in [6.07, 6.45) is 3.57. The highest BCUT2D eigenvalue weighted by atomic mass is 15.3. The highest BCUT2D eigenvalue weighted by molar-refractivity contribution is 5.43. The van der Waals surface area contributed by atoms with E-state index in [1.807, 2.05) is 42.9 Å². The van der Waals surface area contributed by atoms with Gasteiger partial charge in [-0.05, 0) is 6.07 Å². The lowest BCUT2D eigenvalue weighted by atomic mass is 10.3. The van der Waals surface area contributed by atoms with E-state index in [9.17, 15) is 0 Å². The molecule has 0 aliphatic carbocycles. The van der Waals surface area contributed by atoms with Crippen LogP contribution in [0.5, 0.6) is 0 Å². The zero-order valence-corrected chi connectivity index (χ0v) is 13.3. The molecule has 1 aliphatic heterocycles. The summed E-state index contributed by atoms with van der Waals surface area (Å²) < 4.78 is 1.97. The van der Waals surface area contributed by atoms with Gasteiger partial charge in [-0.15, -0.1) is 10.2 Å². The zero-order valence-electron chi connectivity index (χ0n) is 13.3. The molecule has 0 unspecified atom stereocenters. The molecule has 2 aromatic rings. The van der Waals surface area contributed by atoms with Gasteiger partial charge in [-0.2, -0.15) is 4.98 Å². The van der Waals surface area contributed by atoms with Crippen molar-refractivity contribution >= 4 is 11.8 Å². The minimum atomic E-state index is 0.749. The molecule has 3 rings (SSSR count). The van der Waals surface area contributed by atoms with E-state index >= 15 is 0 Å². The van der Waals surface area contributed by atoms with E-state index < -0.39 is 0 Å². The summed E-state index contributed by atoms with van der Waals surface area (Å²) in [4.78, 5) is 15.5. The van der Waals surface area contributed by atoms with Crippen molar-refractivity contribution in [3.8, 4) is 0 Å². The third kappa shape index (κ3) is 3.16. The lowest BCUT2D eigenvalue weighted by molar-refractivity contribution is 0.241. The van der Waals surface area contributed by atoms with Crippen LogP contribution in [0.15, 0.2) is 18.6 Å². The number of hydrogen-bond donors (Lipinski definition) is 0. The van der Waals surface area contributed by atoms with Crippen LogP contribution in [0.25, 0.3) is 0 Å². The van der Waals surface area contributed by atoms with Crippen LogP contribution >= 0.6 is 0 Å². The molecule has 0 saturated carbocycles. The van der Waals surface area contributed by atoms with Gasteiger partial charge in [0.05, 0.1) is 6.54 Å². The molecule has 2 aromatic heterocycles. The van der Waals surface area contributed by atoms with Crippen molar-refractivity contribution in [2.45, 2.75) is 6.54 Å². The van der Waals surface area contributed by atoms with Gasteiger partial charge in [-0.3, -0.25) is 4.90 Å². The van der Waals surface area contributed by atoms with Gasteiger partial charge in [-0.25, -0.2) is 4.98 Å². The molecule has 8 nitrogen and oxygen atoms in total. The minimum Gasteiger partial charge on any atom is -0.354 e. The standard InChI is InChI=1S/C14H22N8/c1-19(2)14-15-5-4-12(17-14)22-8-6-21(7-9-22)10-13-18-16-11-20(13)3/h4-5,11H,6-10H2,1-3H3. The molecule has 0 N–H and O–H groups in total. The van der Waals surface area contributed by atoms with Crippen molar-refractivity contribution in [3.63, 3.8) is 0 Å². The van der Waals surface area contributed by atoms with Crippen molar-refractivity contribution in [2.75, 3.05) is 50.1 Å². The maximum Gasteiger partial charge on any atom is 0.226 e. The van der Waals surface area contributed by atoms with E-state index in [-0.39, 0.29) is 0 Å². The SMILES string of the molecule is CN(C)c1nccc(N2CCN(Cc3nncn3C)CC2)n1. The molecule has 1 saturated heterocycles. The van der Waals surface area contributed by atoms with E-state index in [1.165, 1.54) is 0 Å². The fraction of sp³-hybridized carbons (Fsp3) is 0.571. The lowest BCUT2D eigenvalue weighted by Crippen LogP contribution is -2.46. The molecule has 118 valence electrons. The first kappa shape index (κ1) is 14.7. The Kier molecular flexibility index (Phi) is 4.19. The van der Waals surface area contributed by atoms with Crippen molar-refractivity contribution in [3.05, 3.63) is 24.4 Å². The first-order valence-corrected chi connectivity index (χ1v) is 7.44. The van der Waals surface area contributed by atoms with Crippen molar-refractivity contribution in [1.82, 2.24) is 29.6 Å². The van der Waals surface area contributed by atoms with Gasteiger partial charge in [0.1, 0.15) is 18.0 Å². The summed E-state index contributed by atoms with van der Waals surface area (Å²) in [5.41, 5.74) is 0. The molecule has 0 aromatic carbocycles. The maximum absolute atomic E-state index is 4.61. The van der Waals surface area contributed by atoms with Crippen molar-refractivity contribution in [1.29, 1.82) is 0 Å². The first-order chi connectivity index (χ1) is 10.6. The summed E-state index contributed by atoms with van der Waals surface area (Å²) in [7, 11) is 5.89. The predicted molar refractivity (Wildman–Crippen MR) is 84.9 cm³/mol. The molecule has 0 radical (unpaired) electrons. The topological polar surface area (TPSA) is 66.2 Å². The second-order valence-electron chi connectivity index (χ2n) is 5.73. The third-order valence-corrected chi connectivity index (χ3v) is 3.89. The summed E-state index contributed by atoms with van der Waals surface area (Å²) in [6.45, 7) is 4.75. The normalized spacial score (nSPS) is 16.0. The molecule has 8 heteroatoms. The van der Waals surface area contributed by atoms with Crippen LogP contribution in [-0.4, -0.2) is 69.9 Å².